The van der Waals surface area contributed by atoms with Crippen LogP contribution >= 0.6 is 26.6 Å². The third-order valence-electron chi connectivity index (χ3n) is 1.71. The molecule has 3 nitrogen and oxygen atoms in total. The van der Waals surface area contributed by atoms with Gasteiger partial charge in [-0.15, -0.1) is 0 Å². The fraction of sp³-hybridized carbons (Fsp3) is 0.250. The van der Waals surface area contributed by atoms with Crippen LogP contribution in [0.25, 0.3) is 0 Å². The highest BCUT2D eigenvalue weighted by Gasteiger charge is 2.17. The molecule has 1 aromatic carbocycles. The molecule has 0 spiro atoms. The van der Waals surface area contributed by atoms with Gasteiger partial charge in [0.2, 0.25) is 0 Å². The van der Waals surface area contributed by atoms with Gasteiger partial charge in [0.05, 0.1) is 7.11 Å². The monoisotopic (exact) mass is 298 g/mol. The van der Waals surface area contributed by atoms with Crippen molar-refractivity contribution in [1.82, 2.24) is 0 Å². The lowest BCUT2D eigenvalue weighted by Gasteiger charge is -2.07. The first-order valence-electron chi connectivity index (χ1n) is 3.65. The van der Waals surface area contributed by atoms with Gasteiger partial charge in [0.25, 0.3) is 9.05 Å². The molecule has 0 bridgehead atoms. The number of halogens is 2. The molecule has 14 heavy (non-hydrogen) atoms. The number of hydrogen-bond acceptors (Lipinski definition) is 3. The van der Waals surface area contributed by atoms with Crippen molar-refractivity contribution in [3.63, 3.8) is 0 Å². The van der Waals surface area contributed by atoms with Crippen LogP contribution in [-0.2, 0) is 9.05 Å². The van der Waals surface area contributed by atoms with Gasteiger partial charge in [0.15, 0.2) is 0 Å². The van der Waals surface area contributed by atoms with Crippen LogP contribution in [0.3, 0.4) is 0 Å². The van der Waals surface area contributed by atoms with Crippen LogP contribution in [0.1, 0.15) is 5.56 Å². The van der Waals surface area contributed by atoms with Gasteiger partial charge in [-0.3, -0.25) is 0 Å². The van der Waals surface area contributed by atoms with E-state index in [0.29, 0.717) is 4.47 Å². The summed E-state index contributed by atoms with van der Waals surface area (Å²) in [5.41, 5.74) is 0.880. The molecule has 0 saturated carbocycles. The molecule has 0 fully saturated rings. The summed E-state index contributed by atoms with van der Waals surface area (Å²) in [4.78, 5) is -0.0286. The molecule has 0 aromatic heterocycles. The lowest BCUT2D eigenvalue weighted by atomic mass is 10.2. The van der Waals surface area contributed by atoms with Gasteiger partial charge in [-0.1, -0.05) is 15.9 Å². The summed E-state index contributed by atoms with van der Waals surface area (Å²) in [6, 6.07) is 3.04. The lowest BCUT2D eigenvalue weighted by Crippen LogP contribution is -1.97. The van der Waals surface area contributed by atoms with Crippen LogP contribution in [-0.4, -0.2) is 15.5 Å². The van der Waals surface area contributed by atoms with Crippen LogP contribution in [0.2, 0.25) is 0 Å². The normalized spacial score (nSPS) is 11.4. The molecule has 0 N–H and O–H groups in total. The smallest absolute Gasteiger partial charge is 0.265 e. The van der Waals surface area contributed by atoms with E-state index in [-0.39, 0.29) is 10.6 Å². The zero-order valence-corrected chi connectivity index (χ0v) is 10.7. The van der Waals surface area contributed by atoms with E-state index in [9.17, 15) is 8.42 Å². The van der Waals surface area contributed by atoms with Gasteiger partial charge in [0.1, 0.15) is 10.6 Å². The Kier molecular flexibility index (Phi) is 3.44. The van der Waals surface area contributed by atoms with Crippen LogP contribution in [0.15, 0.2) is 21.5 Å². The minimum atomic E-state index is -3.77. The number of hydrogen-bond donors (Lipinski definition) is 0. The fourth-order valence-electron chi connectivity index (χ4n) is 0.987. The molecular weight excluding hydrogens is 292 g/mol. The zero-order valence-electron chi connectivity index (χ0n) is 7.54. The molecule has 6 heteroatoms. The topological polar surface area (TPSA) is 43.4 Å². The first-order chi connectivity index (χ1) is 6.36. The van der Waals surface area contributed by atoms with Crippen molar-refractivity contribution in [2.75, 3.05) is 7.11 Å². The number of ether oxygens (including phenoxy) is 1. The van der Waals surface area contributed by atoms with E-state index in [2.05, 4.69) is 15.9 Å². The van der Waals surface area contributed by atoms with Crippen molar-refractivity contribution in [2.24, 2.45) is 0 Å². The van der Waals surface area contributed by atoms with E-state index in [4.69, 9.17) is 15.4 Å². The Bertz CT molecular complexity index is 456. The average Bonchev–Trinajstić information content (AvgIpc) is 2.07. The van der Waals surface area contributed by atoms with Gasteiger partial charge in [-0.2, -0.15) is 0 Å². The molecular formula is C8H8BrClO3S. The first kappa shape index (κ1) is 11.8. The van der Waals surface area contributed by atoms with Crippen LogP contribution in [0.5, 0.6) is 5.75 Å². The average molecular weight is 300 g/mol. The third kappa shape index (κ3) is 2.40. The van der Waals surface area contributed by atoms with E-state index in [1.54, 1.807) is 6.07 Å². The highest BCUT2D eigenvalue weighted by molar-refractivity contribution is 9.10. The largest absolute Gasteiger partial charge is 0.495 e. The Morgan fingerprint density at radius 1 is 1.43 bits per heavy atom. The Labute approximate surface area is 95.6 Å². The standard InChI is InChI=1S/C8H8BrClO3S/c1-5-3-7(13-2)8(4-6(5)9)14(10,11)12/h3-4H,1-2H3. The second kappa shape index (κ2) is 4.08. The van der Waals surface area contributed by atoms with E-state index in [0.717, 1.165) is 5.56 Å². The van der Waals surface area contributed by atoms with Gasteiger partial charge in [-0.25, -0.2) is 8.42 Å². The highest BCUT2D eigenvalue weighted by atomic mass is 79.9. The second-order valence-corrected chi connectivity index (χ2v) is 6.08. The maximum Gasteiger partial charge on any atom is 0.265 e. The maximum absolute atomic E-state index is 11.1. The van der Waals surface area contributed by atoms with Crippen LogP contribution < -0.4 is 4.74 Å². The van der Waals surface area contributed by atoms with E-state index in [1.807, 2.05) is 6.92 Å². The van der Waals surface area contributed by atoms with Crippen molar-refractivity contribution < 1.29 is 13.2 Å². The molecule has 0 atom stereocenters. The number of methoxy groups -OCH3 is 1. The quantitative estimate of drug-likeness (QED) is 0.789. The van der Waals surface area contributed by atoms with Crippen molar-refractivity contribution in [2.45, 2.75) is 11.8 Å². The first-order valence-corrected chi connectivity index (χ1v) is 6.75. The zero-order chi connectivity index (χ0) is 10.9. The molecule has 1 aromatic rings. The maximum atomic E-state index is 11.1. The third-order valence-corrected chi connectivity index (χ3v) is 3.91. The predicted octanol–water partition coefficient (Wildman–Crippen LogP) is 2.69. The number of rotatable bonds is 2. The Morgan fingerprint density at radius 3 is 2.43 bits per heavy atom. The summed E-state index contributed by atoms with van der Waals surface area (Å²) in [5, 5.41) is 0. The highest BCUT2D eigenvalue weighted by Crippen LogP contribution is 2.32. The molecule has 0 radical (unpaired) electrons. The Morgan fingerprint density at radius 2 is 2.00 bits per heavy atom. The molecule has 0 amide bonds. The van der Waals surface area contributed by atoms with Gasteiger partial charge in [-0.05, 0) is 24.6 Å². The molecule has 0 heterocycles. The SMILES string of the molecule is COc1cc(C)c(Br)cc1S(=O)(=O)Cl. The Balaban J connectivity index is 3.51. The van der Waals surface area contributed by atoms with Crippen LogP contribution in [0.4, 0.5) is 0 Å². The second-order valence-electron chi connectivity index (χ2n) is 2.69. The van der Waals surface area contributed by atoms with Crippen molar-refractivity contribution in [3.8, 4) is 5.75 Å². The molecule has 0 unspecified atom stereocenters. The number of benzene rings is 1. The Hall–Kier alpha value is -0.260. The molecule has 0 aliphatic rings. The van der Waals surface area contributed by atoms with E-state index >= 15 is 0 Å². The van der Waals surface area contributed by atoms with E-state index < -0.39 is 9.05 Å². The molecule has 0 saturated heterocycles. The van der Waals surface area contributed by atoms with Crippen molar-refractivity contribution in [1.29, 1.82) is 0 Å². The molecule has 0 aliphatic carbocycles. The molecule has 78 valence electrons. The summed E-state index contributed by atoms with van der Waals surface area (Å²) in [6.07, 6.45) is 0. The van der Waals surface area contributed by atoms with Crippen molar-refractivity contribution >= 4 is 35.7 Å². The van der Waals surface area contributed by atoms with Crippen molar-refractivity contribution in [3.05, 3.63) is 22.2 Å². The van der Waals surface area contributed by atoms with Gasteiger partial charge < -0.3 is 4.74 Å². The minimum Gasteiger partial charge on any atom is -0.495 e. The van der Waals surface area contributed by atoms with Crippen LogP contribution in [0, 0.1) is 6.92 Å². The summed E-state index contributed by atoms with van der Waals surface area (Å²) in [5.74, 6) is 0.251. The summed E-state index contributed by atoms with van der Waals surface area (Å²) >= 11 is 3.22. The molecule has 0 aliphatic heterocycles. The summed E-state index contributed by atoms with van der Waals surface area (Å²) in [7, 11) is 2.87. The van der Waals surface area contributed by atoms with E-state index in [1.165, 1.54) is 13.2 Å². The predicted molar refractivity (Wildman–Crippen MR) is 58.5 cm³/mol. The van der Waals surface area contributed by atoms with Gasteiger partial charge >= 0.3 is 0 Å². The minimum absolute atomic E-state index is 0.0286. The molecule has 1 rings (SSSR count). The lowest BCUT2D eigenvalue weighted by molar-refractivity contribution is 0.402. The summed E-state index contributed by atoms with van der Waals surface area (Å²) < 4.78 is 27.9. The fourth-order valence-corrected chi connectivity index (χ4v) is 2.48. The number of aryl methyl sites for hydroxylation is 1. The summed E-state index contributed by atoms with van der Waals surface area (Å²) in [6.45, 7) is 1.83. The van der Waals surface area contributed by atoms with Gasteiger partial charge in [0, 0.05) is 15.2 Å².